The minimum Gasteiger partial charge on any atom is -0.394 e. The second-order valence-corrected chi connectivity index (χ2v) is 3.66. The van der Waals surface area contributed by atoms with Crippen LogP contribution >= 0.6 is 0 Å². The molecule has 0 aromatic heterocycles. The minimum absolute atomic E-state index is 0.0811. The van der Waals surface area contributed by atoms with Crippen molar-refractivity contribution in [3.8, 4) is 0 Å². The first kappa shape index (κ1) is 12.0. The van der Waals surface area contributed by atoms with Crippen LogP contribution in [0, 0.1) is 0 Å². The minimum atomic E-state index is -0.704. The van der Waals surface area contributed by atoms with Crippen molar-refractivity contribution in [1.82, 2.24) is 0 Å². The van der Waals surface area contributed by atoms with Crippen LogP contribution in [-0.4, -0.2) is 29.0 Å². The zero-order valence-electron chi connectivity index (χ0n) is 9.06. The van der Waals surface area contributed by atoms with E-state index in [2.05, 4.69) is 12.2 Å². The fourth-order valence-electron chi connectivity index (χ4n) is 1.55. The third-order valence-electron chi connectivity index (χ3n) is 2.38. The van der Waals surface area contributed by atoms with Gasteiger partial charge in [0.05, 0.1) is 18.8 Å². The molecular weight excluding hydrogens is 190 g/mol. The van der Waals surface area contributed by atoms with Gasteiger partial charge in [0, 0.05) is 5.69 Å². The van der Waals surface area contributed by atoms with E-state index in [0.29, 0.717) is 0 Å². The Kier molecular flexibility index (Phi) is 5.15. The Hall–Kier alpha value is -1.06. The van der Waals surface area contributed by atoms with E-state index in [0.717, 1.165) is 18.5 Å². The number of rotatable bonds is 6. The van der Waals surface area contributed by atoms with Crippen LogP contribution in [0.4, 0.5) is 5.69 Å². The monoisotopic (exact) mass is 209 g/mol. The number of aliphatic hydroxyl groups excluding tert-OH is 2. The van der Waals surface area contributed by atoms with E-state index in [4.69, 9.17) is 5.11 Å². The van der Waals surface area contributed by atoms with Crippen molar-refractivity contribution in [2.45, 2.75) is 31.9 Å². The first-order valence-corrected chi connectivity index (χ1v) is 5.38. The smallest absolute Gasteiger partial charge is 0.0971 e. The van der Waals surface area contributed by atoms with Gasteiger partial charge >= 0.3 is 0 Å². The number of para-hydroxylation sites is 1. The van der Waals surface area contributed by atoms with Gasteiger partial charge in [-0.15, -0.1) is 0 Å². The highest BCUT2D eigenvalue weighted by Gasteiger charge is 2.16. The average molecular weight is 209 g/mol. The molecule has 84 valence electrons. The number of benzene rings is 1. The lowest BCUT2D eigenvalue weighted by molar-refractivity contribution is 0.0771. The van der Waals surface area contributed by atoms with Gasteiger partial charge in [-0.2, -0.15) is 0 Å². The summed E-state index contributed by atoms with van der Waals surface area (Å²) < 4.78 is 0. The summed E-state index contributed by atoms with van der Waals surface area (Å²) in [4.78, 5) is 0. The Morgan fingerprint density at radius 3 is 2.47 bits per heavy atom. The highest BCUT2D eigenvalue weighted by molar-refractivity contribution is 5.43. The van der Waals surface area contributed by atoms with Crippen molar-refractivity contribution < 1.29 is 10.2 Å². The number of hydrogen-bond acceptors (Lipinski definition) is 3. The van der Waals surface area contributed by atoms with Crippen LogP contribution < -0.4 is 5.32 Å². The van der Waals surface area contributed by atoms with Crippen LogP contribution in [0.15, 0.2) is 30.3 Å². The van der Waals surface area contributed by atoms with Crippen molar-refractivity contribution in [1.29, 1.82) is 0 Å². The molecule has 0 spiro atoms. The van der Waals surface area contributed by atoms with Crippen molar-refractivity contribution in [3.63, 3.8) is 0 Å². The quantitative estimate of drug-likeness (QED) is 0.667. The predicted octanol–water partition coefficient (Wildman–Crippen LogP) is 1.62. The zero-order chi connectivity index (χ0) is 11.1. The Balaban J connectivity index is 2.58. The highest BCUT2D eigenvalue weighted by atomic mass is 16.3. The second kappa shape index (κ2) is 6.43. The number of anilines is 1. The van der Waals surface area contributed by atoms with Crippen molar-refractivity contribution in [2.75, 3.05) is 11.9 Å². The largest absolute Gasteiger partial charge is 0.394 e. The molecule has 0 saturated carbocycles. The van der Waals surface area contributed by atoms with Crippen molar-refractivity contribution >= 4 is 5.69 Å². The average Bonchev–Trinajstić information content (AvgIpc) is 2.29. The van der Waals surface area contributed by atoms with E-state index in [1.165, 1.54) is 0 Å². The van der Waals surface area contributed by atoms with E-state index in [-0.39, 0.29) is 12.6 Å². The zero-order valence-corrected chi connectivity index (χ0v) is 9.06. The van der Waals surface area contributed by atoms with Crippen LogP contribution in [0.5, 0.6) is 0 Å². The fourth-order valence-corrected chi connectivity index (χ4v) is 1.55. The maximum Gasteiger partial charge on any atom is 0.0971 e. The van der Waals surface area contributed by atoms with E-state index >= 15 is 0 Å². The Bertz CT molecular complexity index is 264. The lowest BCUT2D eigenvalue weighted by Crippen LogP contribution is -2.36. The third-order valence-corrected chi connectivity index (χ3v) is 2.38. The van der Waals surface area contributed by atoms with Gasteiger partial charge in [0.2, 0.25) is 0 Å². The van der Waals surface area contributed by atoms with E-state index in [1.807, 2.05) is 30.3 Å². The molecule has 0 heterocycles. The van der Waals surface area contributed by atoms with Gasteiger partial charge < -0.3 is 15.5 Å². The molecule has 0 amide bonds. The molecule has 3 heteroatoms. The molecule has 1 aromatic carbocycles. The van der Waals surface area contributed by atoms with Gasteiger partial charge in [-0.1, -0.05) is 31.5 Å². The van der Waals surface area contributed by atoms with Crippen molar-refractivity contribution in [3.05, 3.63) is 30.3 Å². The molecule has 0 radical (unpaired) electrons. The van der Waals surface area contributed by atoms with E-state index < -0.39 is 6.10 Å². The molecule has 3 N–H and O–H groups in total. The van der Waals surface area contributed by atoms with Gasteiger partial charge in [0.1, 0.15) is 0 Å². The molecule has 15 heavy (non-hydrogen) atoms. The van der Waals surface area contributed by atoms with Crippen LogP contribution in [0.25, 0.3) is 0 Å². The van der Waals surface area contributed by atoms with Crippen LogP contribution in [0.1, 0.15) is 19.8 Å². The highest BCUT2D eigenvalue weighted by Crippen LogP contribution is 2.12. The summed E-state index contributed by atoms with van der Waals surface area (Å²) in [5.41, 5.74) is 0.975. The number of aliphatic hydroxyl groups is 2. The summed E-state index contributed by atoms with van der Waals surface area (Å²) in [6.45, 7) is 1.86. The lowest BCUT2D eigenvalue weighted by atomic mass is 10.1. The maximum absolute atomic E-state index is 9.60. The summed E-state index contributed by atoms with van der Waals surface area (Å²) >= 11 is 0. The summed E-state index contributed by atoms with van der Waals surface area (Å²) in [7, 11) is 0. The molecule has 2 atom stereocenters. The molecule has 0 aliphatic rings. The molecule has 0 aliphatic heterocycles. The number of nitrogens with one attached hydrogen (secondary N) is 1. The normalized spacial score (nSPS) is 14.6. The summed E-state index contributed by atoms with van der Waals surface area (Å²) in [6, 6.07) is 9.65. The topological polar surface area (TPSA) is 52.5 Å². The number of hydrogen-bond donors (Lipinski definition) is 3. The van der Waals surface area contributed by atoms with Crippen LogP contribution in [0.3, 0.4) is 0 Å². The van der Waals surface area contributed by atoms with Crippen LogP contribution in [-0.2, 0) is 0 Å². The maximum atomic E-state index is 9.60. The summed E-state index contributed by atoms with van der Waals surface area (Å²) in [6.07, 6.45) is 1.11. The molecule has 2 unspecified atom stereocenters. The summed E-state index contributed by atoms with van der Waals surface area (Å²) in [5, 5.41) is 21.7. The molecule has 3 nitrogen and oxygen atoms in total. The van der Waals surface area contributed by atoms with Crippen molar-refractivity contribution in [2.24, 2.45) is 0 Å². The first-order valence-electron chi connectivity index (χ1n) is 5.38. The van der Waals surface area contributed by atoms with E-state index in [1.54, 1.807) is 0 Å². The molecule has 0 aliphatic carbocycles. The third kappa shape index (κ3) is 3.90. The van der Waals surface area contributed by atoms with Gasteiger partial charge in [0.15, 0.2) is 0 Å². The fraction of sp³-hybridized carbons (Fsp3) is 0.500. The van der Waals surface area contributed by atoms with Crippen LogP contribution in [0.2, 0.25) is 0 Å². The second-order valence-electron chi connectivity index (χ2n) is 3.66. The molecule has 0 fully saturated rings. The predicted molar refractivity (Wildman–Crippen MR) is 61.9 cm³/mol. The van der Waals surface area contributed by atoms with Gasteiger partial charge in [0.25, 0.3) is 0 Å². The molecule has 1 aromatic rings. The summed E-state index contributed by atoms with van der Waals surface area (Å²) in [5.74, 6) is 0. The SMILES string of the molecule is CCCC(Nc1ccccc1)C(O)CO. The molecule has 0 saturated heterocycles. The Morgan fingerprint density at radius 1 is 1.27 bits per heavy atom. The Labute approximate surface area is 90.8 Å². The molecule has 0 bridgehead atoms. The standard InChI is InChI=1S/C12H19NO2/c1-2-6-11(12(15)9-14)13-10-7-4-3-5-8-10/h3-5,7-8,11-15H,2,6,9H2,1H3. The van der Waals surface area contributed by atoms with E-state index in [9.17, 15) is 5.11 Å². The lowest BCUT2D eigenvalue weighted by Gasteiger charge is -2.23. The first-order chi connectivity index (χ1) is 7.27. The molecular formula is C12H19NO2. The molecule has 1 rings (SSSR count). The Morgan fingerprint density at radius 2 is 1.93 bits per heavy atom. The van der Waals surface area contributed by atoms with Gasteiger partial charge in [-0.25, -0.2) is 0 Å². The van der Waals surface area contributed by atoms with Gasteiger partial charge in [-0.05, 0) is 18.6 Å². The van der Waals surface area contributed by atoms with Gasteiger partial charge in [-0.3, -0.25) is 0 Å².